The van der Waals surface area contributed by atoms with E-state index in [0.717, 1.165) is 122 Å². The summed E-state index contributed by atoms with van der Waals surface area (Å²) in [4.78, 5) is 38.5. The topological polar surface area (TPSA) is 78.9 Å². The van der Waals surface area contributed by atoms with E-state index >= 15 is 0 Å². The summed E-state index contributed by atoms with van der Waals surface area (Å²) >= 11 is 0. The van der Waals surface area contributed by atoms with E-state index < -0.39 is 6.10 Å². The van der Waals surface area contributed by atoms with Crippen molar-refractivity contribution in [1.29, 1.82) is 0 Å². The van der Waals surface area contributed by atoms with Crippen LogP contribution in [0.1, 0.15) is 355 Å². The van der Waals surface area contributed by atoms with Gasteiger partial charge in [0.15, 0.2) is 6.10 Å². The SMILES string of the molecule is CCCCC/C=C\C/C=C\CCCCCCCC(=O)OCC(COC(=O)CCCCCCCCCCCCCCCC/C=C\C/C=C\C/C=C\CCCCCCC)OC(=O)CCCCCCCC/C=C\C/C=C\C/C=C\CCCCCCC. The molecule has 0 aromatic heterocycles. The van der Waals surface area contributed by atoms with Gasteiger partial charge in [0.25, 0.3) is 0 Å². The monoisotopic (exact) mass is 1160 g/mol. The molecule has 0 fully saturated rings. The predicted molar refractivity (Wildman–Crippen MR) is 362 cm³/mol. The van der Waals surface area contributed by atoms with Crippen molar-refractivity contribution in [2.45, 2.75) is 361 Å². The molecule has 0 saturated carbocycles. The third-order valence-corrected chi connectivity index (χ3v) is 15.5. The molecule has 0 bridgehead atoms. The third-order valence-electron chi connectivity index (χ3n) is 15.5. The van der Waals surface area contributed by atoms with E-state index in [2.05, 4.69) is 118 Å². The number of allylic oxidation sites excluding steroid dienone is 16. The van der Waals surface area contributed by atoms with Crippen LogP contribution in [0.3, 0.4) is 0 Å². The molecule has 0 amide bonds. The third kappa shape index (κ3) is 69.0. The van der Waals surface area contributed by atoms with Crippen LogP contribution >= 0.6 is 0 Å². The van der Waals surface area contributed by atoms with Crippen molar-refractivity contribution in [3.05, 3.63) is 97.2 Å². The average molecular weight is 1160 g/mol. The lowest BCUT2D eigenvalue weighted by molar-refractivity contribution is -0.167. The zero-order valence-corrected chi connectivity index (χ0v) is 54.9. The van der Waals surface area contributed by atoms with Crippen LogP contribution in [0.2, 0.25) is 0 Å². The van der Waals surface area contributed by atoms with Gasteiger partial charge in [0.05, 0.1) is 0 Å². The Hall–Kier alpha value is -3.67. The summed E-state index contributed by atoms with van der Waals surface area (Å²) in [6.45, 7) is 6.61. The van der Waals surface area contributed by atoms with E-state index in [4.69, 9.17) is 14.2 Å². The molecule has 478 valence electrons. The molecule has 0 saturated heterocycles. The van der Waals surface area contributed by atoms with E-state index in [1.54, 1.807) is 0 Å². The van der Waals surface area contributed by atoms with E-state index in [1.165, 1.54) is 193 Å². The summed E-state index contributed by atoms with van der Waals surface area (Å²) in [6, 6.07) is 0. The van der Waals surface area contributed by atoms with Crippen LogP contribution in [0, 0.1) is 0 Å². The molecule has 0 rings (SSSR count). The van der Waals surface area contributed by atoms with Crippen molar-refractivity contribution in [2.75, 3.05) is 13.2 Å². The van der Waals surface area contributed by atoms with E-state index in [9.17, 15) is 14.4 Å². The zero-order valence-electron chi connectivity index (χ0n) is 54.9. The number of hydrogen-bond acceptors (Lipinski definition) is 6. The summed E-state index contributed by atoms with van der Waals surface area (Å²) in [5, 5.41) is 0. The Bertz CT molecular complexity index is 1610. The number of carbonyl (C=O) groups is 3. The highest BCUT2D eigenvalue weighted by Crippen LogP contribution is 2.17. The van der Waals surface area contributed by atoms with E-state index in [1.807, 2.05) is 0 Å². The fourth-order valence-electron chi connectivity index (χ4n) is 10.1. The fraction of sp³-hybridized carbons (Fsp3) is 0.753. The number of ether oxygens (including phenoxy) is 3. The minimum atomic E-state index is -0.793. The van der Waals surface area contributed by atoms with Crippen molar-refractivity contribution in [3.8, 4) is 0 Å². The number of carbonyl (C=O) groups excluding carboxylic acids is 3. The summed E-state index contributed by atoms with van der Waals surface area (Å²) in [6.07, 6.45) is 95.7. The zero-order chi connectivity index (χ0) is 59.9. The van der Waals surface area contributed by atoms with Crippen molar-refractivity contribution < 1.29 is 28.6 Å². The number of hydrogen-bond donors (Lipinski definition) is 0. The maximum atomic E-state index is 13.0. The summed E-state index contributed by atoms with van der Waals surface area (Å²) in [7, 11) is 0. The molecule has 0 aromatic carbocycles. The lowest BCUT2D eigenvalue weighted by Gasteiger charge is -2.18. The maximum absolute atomic E-state index is 13.0. The fourth-order valence-corrected chi connectivity index (χ4v) is 10.1. The first-order valence-electron chi connectivity index (χ1n) is 35.7. The molecule has 0 N–H and O–H groups in total. The highest BCUT2D eigenvalue weighted by atomic mass is 16.6. The smallest absolute Gasteiger partial charge is 0.306 e. The Labute approximate surface area is 515 Å². The van der Waals surface area contributed by atoms with Crippen LogP contribution in [0.15, 0.2) is 97.2 Å². The molecule has 0 aromatic rings. The average Bonchev–Trinajstić information content (AvgIpc) is 3.49. The second-order valence-electron chi connectivity index (χ2n) is 23.8. The first kappa shape index (κ1) is 79.3. The largest absolute Gasteiger partial charge is 0.462 e. The first-order chi connectivity index (χ1) is 41.0. The van der Waals surface area contributed by atoms with Gasteiger partial charge >= 0.3 is 17.9 Å². The van der Waals surface area contributed by atoms with Gasteiger partial charge in [0.1, 0.15) is 13.2 Å². The first-order valence-corrected chi connectivity index (χ1v) is 35.7. The quantitative estimate of drug-likeness (QED) is 0.0261. The van der Waals surface area contributed by atoms with Gasteiger partial charge in [-0.1, -0.05) is 304 Å². The second kappa shape index (κ2) is 70.8. The molecule has 83 heavy (non-hydrogen) atoms. The molecule has 0 aliphatic rings. The van der Waals surface area contributed by atoms with Crippen LogP contribution < -0.4 is 0 Å². The second-order valence-corrected chi connectivity index (χ2v) is 23.8. The minimum Gasteiger partial charge on any atom is -0.462 e. The number of unbranched alkanes of at least 4 members (excludes halogenated alkanes) is 38. The van der Waals surface area contributed by atoms with Crippen LogP contribution in [-0.2, 0) is 28.6 Å². The van der Waals surface area contributed by atoms with Gasteiger partial charge in [0, 0.05) is 19.3 Å². The Morgan fingerprint density at radius 1 is 0.241 bits per heavy atom. The maximum Gasteiger partial charge on any atom is 0.306 e. The summed E-state index contributed by atoms with van der Waals surface area (Å²) < 4.78 is 17.0. The molecule has 0 radical (unpaired) electrons. The van der Waals surface area contributed by atoms with Crippen LogP contribution in [0.5, 0.6) is 0 Å². The lowest BCUT2D eigenvalue weighted by atomic mass is 10.0. The van der Waals surface area contributed by atoms with Gasteiger partial charge in [-0.3, -0.25) is 14.4 Å². The Morgan fingerprint density at radius 2 is 0.434 bits per heavy atom. The lowest BCUT2D eigenvalue weighted by Crippen LogP contribution is -2.30. The summed E-state index contributed by atoms with van der Waals surface area (Å²) in [5.74, 6) is -0.899. The molecular formula is C77H134O6. The molecule has 1 atom stereocenters. The number of esters is 3. The number of rotatable bonds is 65. The summed E-state index contributed by atoms with van der Waals surface area (Å²) in [5.41, 5.74) is 0. The highest BCUT2D eigenvalue weighted by Gasteiger charge is 2.19. The Morgan fingerprint density at radius 3 is 0.699 bits per heavy atom. The highest BCUT2D eigenvalue weighted by molar-refractivity contribution is 5.71. The molecule has 6 nitrogen and oxygen atoms in total. The molecule has 0 spiro atoms. The van der Waals surface area contributed by atoms with Crippen molar-refractivity contribution in [2.24, 2.45) is 0 Å². The van der Waals surface area contributed by atoms with Crippen molar-refractivity contribution in [1.82, 2.24) is 0 Å². The predicted octanol–water partition coefficient (Wildman–Crippen LogP) is 24.8. The normalized spacial score (nSPS) is 12.7. The van der Waals surface area contributed by atoms with Gasteiger partial charge in [-0.25, -0.2) is 0 Å². The Balaban J connectivity index is 4.32. The van der Waals surface area contributed by atoms with E-state index in [-0.39, 0.29) is 31.1 Å². The van der Waals surface area contributed by atoms with Gasteiger partial charge in [-0.2, -0.15) is 0 Å². The molecule has 6 heteroatoms. The van der Waals surface area contributed by atoms with Gasteiger partial charge in [0.2, 0.25) is 0 Å². The van der Waals surface area contributed by atoms with Crippen LogP contribution in [0.4, 0.5) is 0 Å². The minimum absolute atomic E-state index is 0.0865. The van der Waals surface area contributed by atoms with E-state index in [0.29, 0.717) is 19.3 Å². The molecule has 0 aliphatic heterocycles. The van der Waals surface area contributed by atoms with Crippen molar-refractivity contribution >= 4 is 17.9 Å². The molecule has 1 unspecified atom stereocenters. The molecular weight excluding hydrogens is 1020 g/mol. The van der Waals surface area contributed by atoms with Gasteiger partial charge in [-0.15, -0.1) is 0 Å². The van der Waals surface area contributed by atoms with Gasteiger partial charge in [-0.05, 0) is 128 Å². The van der Waals surface area contributed by atoms with Gasteiger partial charge < -0.3 is 14.2 Å². The van der Waals surface area contributed by atoms with Crippen LogP contribution in [0.25, 0.3) is 0 Å². The standard InChI is InChI=1S/C77H134O6/c1-4-7-10-13-16-19-22-25-28-30-32-34-35-36-37-38-39-40-41-43-44-46-49-52-55-58-61-64-67-70-76(79)82-73-74(72-81-75(78)69-66-63-60-57-54-51-48-27-24-21-18-15-12-9-6-3)83-77(80)71-68-65-62-59-56-53-50-47-45-42-33-31-29-26-23-20-17-14-11-8-5-2/h18,21-23,25-27,30-33,35-36,45,47-48,74H,4-17,19-20,24,28-29,34,37-44,46,49-73H2,1-3H3/b21-18-,25-22-,26-23-,32-30-,33-31-,36-35-,47-45-,48-27-. The van der Waals surface area contributed by atoms with Crippen LogP contribution in [-0.4, -0.2) is 37.2 Å². The molecule has 0 heterocycles. The Kier molecular flexibility index (Phi) is 67.7. The molecule has 0 aliphatic carbocycles. The van der Waals surface area contributed by atoms with Crippen molar-refractivity contribution in [3.63, 3.8) is 0 Å².